The first-order valence-electron chi connectivity index (χ1n) is 21.2. The van der Waals surface area contributed by atoms with Crippen LogP contribution in [-0.4, -0.2) is 75.0 Å². The predicted octanol–water partition coefficient (Wildman–Crippen LogP) is 9.91. The number of carbonyl (C=O) groups excluding carboxylic acids is 1. The van der Waals surface area contributed by atoms with Crippen molar-refractivity contribution in [2.45, 2.75) is 237 Å². The molecule has 1 fully saturated rings. The van der Waals surface area contributed by atoms with Crippen molar-refractivity contribution in [2.24, 2.45) is 0 Å². The van der Waals surface area contributed by atoms with E-state index in [0.717, 1.165) is 51.4 Å². The van der Waals surface area contributed by atoms with Crippen molar-refractivity contribution in [1.82, 2.24) is 4.90 Å². The van der Waals surface area contributed by atoms with E-state index in [-0.39, 0.29) is 5.91 Å². The topological polar surface area (TPSA) is 110 Å². The lowest BCUT2D eigenvalue weighted by molar-refractivity contribution is -0.262. The average molecular weight is 696 g/mol. The van der Waals surface area contributed by atoms with Crippen molar-refractivity contribution in [1.29, 1.82) is 0 Å². The average Bonchev–Trinajstić information content (AvgIpc) is 3.10. The molecule has 0 saturated carbocycles. The maximum Gasteiger partial charge on any atom is 0.224 e. The van der Waals surface area contributed by atoms with Gasteiger partial charge in [-0.2, -0.15) is 0 Å². The fraction of sp³-hybridized carbons (Fsp3) is 0.929. The molecule has 1 aliphatic rings. The minimum atomic E-state index is -1.48. The number of ether oxygens (including phenoxy) is 1. The van der Waals surface area contributed by atoms with Gasteiger partial charge in [0.25, 0.3) is 0 Å². The van der Waals surface area contributed by atoms with Crippen LogP contribution >= 0.6 is 0 Å². The van der Waals surface area contributed by atoms with Crippen LogP contribution in [0.25, 0.3) is 0 Å². The van der Waals surface area contributed by atoms with E-state index < -0.39 is 37.3 Å². The molecule has 0 aliphatic carbocycles. The van der Waals surface area contributed by atoms with Crippen molar-refractivity contribution in [3.05, 3.63) is 12.2 Å². The number of nitrogens with zero attached hydrogens (tertiary/aromatic N) is 1. The fourth-order valence-electron chi connectivity index (χ4n) is 7.05. The summed E-state index contributed by atoms with van der Waals surface area (Å²) in [4.78, 5) is 15.0. The Labute approximate surface area is 302 Å². The first-order chi connectivity index (χ1) is 24.0. The molecule has 4 N–H and O–H groups in total. The van der Waals surface area contributed by atoms with Crippen molar-refractivity contribution >= 4 is 5.91 Å². The molecule has 0 unspecified atom stereocenters. The van der Waals surface area contributed by atoms with Crippen molar-refractivity contribution in [3.8, 4) is 0 Å². The Morgan fingerprint density at radius 3 is 1.35 bits per heavy atom. The maximum absolute atomic E-state index is 13.4. The standard InChI is InChI=1S/C42H81NO6/c1-3-5-7-9-11-13-15-17-19-21-23-25-27-29-31-33-35-43(42-41(48)40(47)39(46)37(36-44)49-42)38(45)34-32-30-28-26-24-22-20-18-16-14-12-10-8-6-4-2/h18,20,37,39-42,44,46-48H,3-17,19,21-36H2,1-2H3/t37-,39-,40+,41-,42-/m1/s1. The van der Waals surface area contributed by atoms with Crippen LogP contribution in [0.5, 0.6) is 0 Å². The van der Waals surface area contributed by atoms with E-state index in [2.05, 4.69) is 26.0 Å². The third kappa shape index (κ3) is 23.2. The van der Waals surface area contributed by atoms with Gasteiger partial charge in [0, 0.05) is 13.0 Å². The van der Waals surface area contributed by atoms with E-state index in [9.17, 15) is 25.2 Å². The lowest BCUT2D eigenvalue weighted by Gasteiger charge is -2.44. The Hall–Kier alpha value is -0.990. The second-order valence-electron chi connectivity index (χ2n) is 14.9. The van der Waals surface area contributed by atoms with E-state index >= 15 is 0 Å². The molecule has 0 spiro atoms. The number of carbonyl (C=O) groups is 1. The van der Waals surface area contributed by atoms with Crippen molar-refractivity contribution < 1.29 is 30.0 Å². The van der Waals surface area contributed by atoms with Gasteiger partial charge in [0.15, 0.2) is 6.23 Å². The van der Waals surface area contributed by atoms with Gasteiger partial charge in [-0.25, -0.2) is 0 Å². The summed E-state index contributed by atoms with van der Waals surface area (Å²) in [6.07, 6.45) is 34.5. The molecule has 1 amide bonds. The van der Waals surface area contributed by atoms with Gasteiger partial charge in [-0.05, 0) is 38.5 Å². The molecule has 1 saturated heterocycles. The molecular weight excluding hydrogens is 614 g/mol. The lowest BCUT2D eigenvalue weighted by Crippen LogP contribution is -2.64. The van der Waals surface area contributed by atoms with Crippen LogP contribution in [0.1, 0.15) is 206 Å². The third-order valence-corrected chi connectivity index (χ3v) is 10.4. The first kappa shape index (κ1) is 46.0. The molecule has 5 atom stereocenters. The van der Waals surface area contributed by atoms with Gasteiger partial charge in [-0.3, -0.25) is 4.79 Å². The quantitative estimate of drug-likeness (QED) is 0.0394. The highest BCUT2D eigenvalue weighted by atomic mass is 16.6. The summed E-state index contributed by atoms with van der Waals surface area (Å²) in [7, 11) is 0. The number of allylic oxidation sites excluding steroid dienone is 2. The fourth-order valence-corrected chi connectivity index (χ4v) is 7.05. The van der Waals surface area contributed by atoms with Crippen LogP contribution in [0, 0.1) is 0 Å². The maximum atomic E-state index is 13.4. The Bertz CT molecular complexity index is 761. The van der Waals surface area contributed by atoms with Gasteiger partial charge in [0.1, 0.15) is 24.4 Å². The van der Waals surface area contributed by atoms with E-state index in [1.165, 1.54) is 135 Å². The summed E-state index contributed by atoms with van der Waals surface area (Å²) in [6, 6.07) is 0. The molecule has 1 heterocycles. The van der Waals surface area contributed by atoms with Crippen LogP contribution in [0.3, 0.4) is 0 Å². The zero-order valence-corrected chi connectivity index (χ0v) is 32.2. The van der Waals surface area contributed by atoms with E-state index in [1.807, 2.05) is 0 Å². The first-order valence-corrected chi connectivity index (χ1v) is 21.2. The molecule has 7 nitrogen and oxygen atoms in total. The van der Waals surface area contributed by atoms with Gasteiger partial charge in [-0.1, -0.05) is 174 Å². The van der Waals surface area contributed by atoms with Gasteiger partial charge >= 0.3 is 0 Å². The Morgan fingerprint density at radius 2 is 0.918 bits per heavy atom. The second-order valence-corrected chi connectivity index (χ2v) is 14.9. The molecule has 0 bridgehead atoms. The number of unbranched alkanes of at least 4 members (excludes halogenated alkanes) is 26. The molecule has 0 aromatic carbocycles. The predicted molar refractivity (Wildman–Crippen MR) is 204 cm³/mol. The van der Waals surface area contributed by atoms with Crippen molar-refractivity contribution in [2.75, 3.05) is 13.2 Å². The van der Waals surface area contributed by atoms with Crippen LogP contribution in [0.15, 0.2) is 12.2 Å². The monoisotopic (exact) mass is 696 g/mol. The van der Waals surface area contributed by atoms with E-state index in [1.54, 1.807) is 4.90 Å². The van der Waals surface area contributed by atoms with Crippen LogP contribution in [0.4, 0.5) is 0 Å². The Kier molecular flexibility index (Phi) is 30.9. The van der Waals surface area contributed by atoms with Gasteiger partial charge < -0.3 is 30.1 Å². The summed E-state index contributed by atoms with van der Waals surface area (Å²) in [5.41, 5.74) is 0. The molecule has 7 heteroatoms. The number of hydrogen-bond acceptors (Lipinski definition) is 6. The second kappa shape index (κ2) is 32.9. The number of rotatable bonds is 34. The molecule has 1 rings (SSSR count). The lowest BCUT2D eigenvalue weighted by atomic mass is 9.97. The Balaban J connectivity index is 2.30. The summed E-state index contributed by atoms with van der Waals surface area (Å²) in [5, 5.41) is 41.1. The highest BCUT2D eigenvalue weighted by Crippen LogP contribution is 2.25. The summed E-state index contributed by atoms with van der Waals surface area (Å²) >= 11 is 0. The molecule has 0 aromatic heterocycles. The van der Waals surface area contributed by atoms with Crippen molar-refractivity contribution in [3.63, 3.8) is 0 Å². The van der Waals surface area contributed by atoms with Crippen LogP contribution < -0.4 is 0 Å². The number of aliphatic hydroxyl groups excluding tert-OH is 4. The smallest absolute Gasteiger partial charge is 0.224 e. The zero-order valence-electron chi connectivity index (χ0n) is 32.2. The molecule has 49 heavy (non-hydrogen) atoms. The zero-order chi connectivity index (χ0) is 35.8. The van der Waals surface area contributed by atoms with Gasteiger partial charge in [0.05, 0.1) is 6.61 Å². The van der Waals surface area contributed by atoms with Crippen LogP contribution in [-0.2, 0) is 9.53 Å². The third-order valence-electron chi connectivity index (χ3n) is 10.4. The molecule has 0 radical (unpaired) electrons. The largest absolute Gasteiger partial charge is 0.394 e. The Morgan fingerprint density at radius 1 is 0.531 bits per heavy atom. The number of hydrogen-bond donors (Lipinski definition) is 4. The molecule has 290 valence electrons. The number of aliphatic hydroxyl groups is 4. The molecule has 0 aromatic rings. The highest BCUT2D eigenvalue weighted by Gasteiger charge is 2.46. The minimum Gasteiger partial charge on any atom is -0.394 e. The van der Waals surface area contributed by atoms with E-state index in [4.69, 9.17) is 4.74 Å². The van der Waals surface area contributed by atoms with Gasteiger partial charge in [-0.15, -0.1) is 0 Å². The van der Waals surface area contributed by atoms with E-state index in [0.29, 0.717) is 13.0 Å². The summed E-state index contributed by atoms with van der Waals surface area (Å²) in [6.45, 7) is 4.47. The summed E-state index contributed by atoms with van der Waals surface area (Å²) < 4.78 is 5.81. The molecular formula is C42H81NO6. The molecule has 1 aliphatic heterocycles. The number of amides is 1. The van der Waals surface area contributed by atoms with Crippen LogP contribution in [0.2, 0.25) is 0 Å². The van der Waals surface area contributed by atoms with Gasteiger partial charge in [0.2, 0.25) is 5.91 Å². The normalized spacial score (nSPS) is 21.1. The SMILES string of the molecule is CCCCCCCCC=CCCCCCCCC(=O)N(CCCCCCCCCCCCCCCCCC)[C@@H]1O[C@H](CO)[C@@H](O)[C@H](O)[C@H]1O. The summed E-state index contributed by atoms with van der Waals surface area (Å²) in [5.74, 6) is -0.0945. The highest BCUT2D eigenvalue weighted by molar-refractivity contribution is 5.76. The minimum absolute atomic E-state index is 0.0945.